The third-order valence-corrected chi connectivity index (χ3v) is 3.25. The van der Waals surface area contributed by atoms with Crippen LogP contribution in [0.25, 0.3) is 0 Å². The summed E-state index contributed by atoms with van der Waals surface area (Å²) in [6.45, 7) is 5.80. The van der Waals surface area contributed by atoms with E-state index in [0.29, 0.717) is 18.9 Å². The van der Waals surface area contributed by atoms with E-state index in [4.69, 9.17) is 14.5 Å². The van der Waals surface area contributed by atoms with Crippen LogP contribution in [-0.4, -0.2) is 25.1 Å². The summed E-state index contributed by atoms with van der Waals surface area (Å²) in [5.74, 6) is 0. The van der Waals surface area contributed by atoms with Crippen LogP contribution >= 0.6 is 7.60 Å². The maximum atomic E-state index is 11.6. The fourth-order valence-corrected chi connectivity index (χ4v) is 2.44. The molecule has 4 nitrogen and oxygen atoms in total. The Morgan fingerprint density at radius 2 is 1.75 bits per heavy atom. The molecule has 12 heavy (non-hydrogen) atoms. The van der Waals surface area contributed by atoms with Gasteiger partial charge >= 0.3 is 7.60 Å². The number of nitrogens with one attached hydrogen (secondary N) is 1. The van der Waals surface area contributed by atoms with E-state index < -0.39 is 7.60 Å². The summed E-state index contributed by atoms with van der Waals surface area (Å²) in [5, 5.41) is 7.17. The molecule has 0 bridgehead atoms. The topological polar surface area (TPSA) is 59.4 Å². The average Bonchev–Trinajstić information content (AvgIpc) is 1.85. The van der Waals surface area contributed by atoms with Crippen LogP contribution in [-0.2, 0) is 13.6 Å². The van der Waals surface area contributed by atoms with Gasteiger partial charge in [-0.2, -0.15) is 0 Å². The van der Waals surface area contributed by atoms with Crippen molar-refractivity contribution in [2.24, 2.45) is 0 Å². The van der Waals surface area contributed by atoms with Gasteiger partial charge in [-0.15, -0.1) is 0 Å². The van der Waals surface area contributed by atoms with Gasteiger partial charge in [0, 0.05) is 5.71 Å². The monoisotopic (exact) mass is 193 g/mol. The first-order chi connectivity index (χ1) is 5.54. The Balaban J connectivity index is 4.18. The predicted molar refractivity (Wildman–Crippen MR) is 49.1 cm³/mol. The van der Waals surface area contributed by atoms with Crippen molar-refractivity contribution in [2.75, 3.05) is 19.4 Å². The van der Waals surface area contributed by atoms with E-state index in [1.165, 1.54) is 0 Å². The molecule has 0 rings (SSSR count). The van der Waals surface area contributed by atoms with Crippen molar-refractivity contribution in [3.8, 4) is 0 Å². The summed E-state index contributed by atoms with van der Waals surface area (Å²) in [4.78, 5) is 0. The first-order valence-corrected chi connectivity index (χ1v) is 5.69. The van der Waals surface area contributed by atoms with Gasteiger partial charge in [0.15, 0.2) is 0 Å². The molecule has 0 aliphatic rings. The van der Waals surface area contributed by atoms with Gasteiger partial charge in [0.2, 0.25) is 0 Å². The van der Waals surface area contributed by atoms with Crippen LogP contribution in [0.2, 0.25) is 0 Å². The van der Waals surface area contributed by atoms with Gasteiger partial charge in [-0.3, -0.25) is 4.57 Å². The smallest absolute Gasteiger partial charge is 0.309 e. The minimum Gasteiger partial charge on any atom is -0.309 e. The van der Waals surface area contributed by atoms with Gasteiger partial charge in [-0.05, 0) is 20.8 Å². The molecule has 0 aliphatic carbocycles. The van der Waals surface area contributed by atoms with Gasteiger partial charge in [0.25, 0.3) is 0 Å². The van der Waals surface area contributed by atoms with E-state index in [0.717, 1.165) is 0 Å². The fourth-order valence-electron chi connectivity index (χ4n) is 0.812. The zero-order valence-corrected chi connectivity index (χ0v) is 8.69. The molecular weight excluding hydrogens is 177 g/mol. The lowest BCUT2D eigenvalue weighted by Gasteiger charge is -2.15. The molecule has 1 N–H and O–H groups in total. The maximum Gasteiger partial charge on any atom is 0.336 e. The Morgan fingerprint density at radius 3 is 2.00 bits per heavy atom. The van der Waals surface area contributed by atoms with Crippen molar-refractivity contribution >= 4 is 13.3 Å². The van der Waals surface area contributed by atoms with Gasteiger partial charge in [-0.1, -0.05) is 0 Å². The van der Waals surface area contributed by atoms with E-state index in [1.807, 2.05) is 0 Å². The molecule has 0 saturated carbocycles. The van der Waals surface area contributed by atoms with Crippen LogP contribution in [0.1, 0.15) is 20.8 Å². The molecule has 0 radical (unpaired) electrons. The van der Waals surface area contributed by atoms with Crippen molar-refractivity contribution in [1.82, 2.24) is 0 Å². The van der Waals surface area contributed by atoms with Crippen molar-refractivity contribution in [2.45, 2.75) is 20.8 Å². The van der Waals surface area contributed by atoms with Gasteiger partial charge in [0.1, 0.15) is 0 Å². The second-order valence-electron chi connectivity index (χ2n) is 2.38. The Hall–Kier alpha value is -0.180. The van der Waals surface area contributed by atoms with Crippen LogP contribution in [0.15, 0.2) is 0 Å². The summed E-state index contributed by atoms with van der Waals surface area (Å²) in [6, 6.07) is 0. The predicted octanol–water partition coefficient (Wildman–Crippen LogP) is 2.29. The minimum atomic E-state index is -3.00. The van der Waals surface area contributed by atoms with Gasteiger partial charge < -0.3 is 14.5 Å². The van der Waals surface area contributed by atoms with Crippen LogP contribution in [0.4, 0.5) is 0 Å². The van der Waals surface area contributed by atoms with Gasteiger partial charge in [-0.25, -0.2) is 0 Å². The molecule has 0 atom stereocenters. The zero-order chi connectivity index (χ0) is 9.61. The summed E-state index contributed by atoms with van der Waals surface area (Å²) in [7, 11) is -3.00. The Bertz CT molecular complexity index is 183. The standard InChI is InChI=1S/C7H16NO3P/c1-4-10-12(9,11-5-2)6-7(3)8/h8H,4-6H2,1-3H3. The summed E-state index contributed by atoms with van der Waals surface area (Å²) in [5.41, 5.74) is 0.320. The SMILES string of the molecule is CCOP(=O)(CC(C)=N)OCC. The third kappa shape index (κ3) is 4.65. The van der Waals surface area contributed by atoms with Crippen LogP contribution in [0.5, 0.6) is 0 Å². The van der Waals surface area contributed by atoms with Crippen LogP contribution in [0.3, 0.4) is 0 Å². The third-order valence-electron chi connectivity index (χ3n) is 1.08. The lowest BCUT2D eigenvalue weighted by Crippen LogP contribution is -2.05. The molecule has 0 saturated heterocycles. The van der Waals surface area contributed by atoms with Crippen molar-refractivity contribution in [1.29, 1.82) is 5.41 Å². The maximum absolute atomic E-state index is 11.6. The number of rotatable bonds is 6. The summed E-state index contributed by atoms with van der Waals surface area (Å²) in [6.07, 6.45) is 0.0919. The molecule has 0 aromatic rings. The molecule has 5 heteroatoms. The molecule has 72 valence electrons. The summed E-state index contributed by atoms with van der Waals surface area (Å²) >= 11 is 0. The highest BCUT2D eigenvalue weighted by atomic mass is 31.2. The lowest BCUT2D eigenvalue weighted by molar-refractivity contribution is 0.223. The largest absolute Gasteiger partial charge is 0.336 e. The highest BCUT2D eigenvalue weighted by Crippen LogP contribution is 2.47. The lowest BCUT2D eigenvalue weighted by atomic mass is 10.5. The molecule has 0 heterocycles. The first kappa shape index (κ1) is 11.8. The van der Waals surface area contributed by atoms with Crippen molar-refractivity contribution < 1.29 is 13.6 Å². The second kappa shape index (κ2) is 5.46. The molecule has 0 spiro atoms. The molecule has 0 aromatic carbocycles. The Morgan fingerprint density at radius 1 is 1.33 bits per heavy atom. The van der Waals surface area contributed by atoms with Crippen LogP contribution in [0, 0.1) is 5.41 Å². The van der Waals surface area contributed by atoms with E-state index in [-0.39, 0.29) is 6.16 Å². The highest BCUT2D eigenvalue weighted by molar-refractivity contribution is 7.54. The zero-order valence-electron chi connectivity index (χ0n) is 7.79. The van der Waals surface area contributed by atoms with Crippen molar-refractivity contribution in [3.63, 3.8) is 0 Å². The first-order valence-electron chi connectivity index (χ1n) is 3.96. The van der Waals surface area contributed by atoms with E-state index in [2.05, 4.69) is 0 Å². The molecule has 0 fully saturated rings. The molecule has 0 unspecified atom stereocenters. The molecule has 0 aromatic heterocycles. The second-order valence-corrected chi connectivity index (χ2v) is 4.44. The van der Waals surface area contributed by atoms with E-state index in [9.17, 15) is 4.57 Å². The molecule has 0 amide bonds. The highest BCUT2D eigenvalue weighted by Gasteiger charge is 2.23. The fraction of sp³-hybridized carbons (Fsp3) is 0.857. The van der Waals surface area contributed by atoms with Gasteiger partial charge in [0.05, 0.1) is 19.4 Å². The van der Waals surface area contributed by atoms with E-state index >= 15 is 0 Å². The summed E-state index contributed by atoms with van der Waals surface area (Å²) < 4.78 is 21.6. The number of hydrogen-bond acceptors (Lipinski definition) is 4. The Kier molecular flexibility index (Phi) is 5.38. The van der Waals surface area contributed by atoms with E-state index in [1.54, 1.807) is 20.8 Å². The molecule has 0 aliphatic heterocycles. The number of hydrogen-bond donors (Lipinski definition) is 1. The van der Waals surface area contributed by atoms with Crippen LogP contribution < -0.4 is 0 Å². The van der Waals surface area contributed by atoms with Crippen molar-refractivity contribution in [3.05, 3.63) is 0 Å². The average molecular weight is 193 g/mol. The Labute approximate surface area is 73.3 Å². The molecular formula is C7H16NO3P. The quantitative estimate of drug-likeness (QED) is 0.520. The minimum absolute atomic E-state index is 0.0919. The normalized spacial score (nSPS) is 11.6.